The molecule has 0 saturated carbocycles. The molecule has 2 unspecified atom stereocenters. The quantitative estimate of drug-likeness (QED) is 0.919. The largest absolute Gasteiger partial charge is 0.393 e. The van der Waals surface area contributed by atoms with E-state index in [1.165, 1.54) is 0 Å². The molecular formula is C13H17BrO3S. The zero-order valence-electron chi connectivity index (χ0n) is 10.0. The minimum atomic E-state index is -2.84. The van der Waals surface area contributed by atoms with Gasteiger partial charge in [-0.2, -0.15) is 0 Å². The van der Waals surface area contributed by atoms with Crippen LogP contribution >= 0.6 is 15.9 Å². The summed E-state index contributed by atoms with van der Waals surface area (Å²) in [6.07, 6.45) is 1.36. The molecular weight excluding hydrogens is 316 g/mol. The molecule has 1 fully saturated rings. The molecule has 1 aliphatic heterocycles. The van der Waals surface area contributed by atoms with Crippen LogP contribution in [-0.4, -0.2) is 31.1 Å². The summed E-state index contributed by atoms with van der Waals surface area (Å²) in [4.78, 5) is 0. The van der Waals surface area contributed by atoms with Gasteiger partial charge in [0.1, 0.15) is 0 Å². The first-order chi connectivity index (χ1) is 8.46. The predicted molar refractivity (Wildman–Crippen MR) is 75.2 cm³/mol. The Morgan fingerprint density at radius 3 is 2.72 bits per heavy atom. The van der Waals surface area contributed by atoms with E-state index in [0.717, 1.165) is 10.0 Å². The lowest BCUT2D eigenvalue weighted by Gasteiger charge is -2.15. The summed E-state index contributed by atoms with van der Waals surface area (Å²) in [6.45, 7) is 0. The van der Waals surface area contributed by atoms with Crippen LogP contribution in [-0.2, 0) is 16.3 Å². The van der Waals surface area contributed by atoms with E-state index in [1.54, 1.807) is 0 Å². The molecule has 1 heterocycles. The van der Waals surface area contributed by atoms with Gasteiger partial charge in [-0.1, -0.05) is 34.1 Å². The van der Waals surface area contributed by atoms with E-state index in [9.17, 15) is 13.5 Å². The summed E-state index contributed by atoms with van der Waals surface area (Å²) in [6, 6.07) is 7.79. The van der Waals surface area contributed by atoms with Crippen LogP contribution in [0.15, 0.2) is 28.7 Å². The molecule has 1 aliphatic rings. The molecule has 18 heavy (non-hydrogen) atoms. The Labute approximate surface area is 116 Å². The highest BCUT2D eigenvalue weighted by atomic mass is 79.9. The van der Waals surface area contributed by atoms with Crippen LogP contribution in [0, 0.1) is 5.92 Å². The molecule has 100 valence electrons. The molecule has 1 aromatic carbocycles. The summed E-state index contributed by atoms with van der Waals surface area (Å²) in [5, 5.41) is 10.0. The van der Waals surface area contributed by atoms with Gasteiger partial charge < -0.3 is 5.11 Å². The average Bonchev–Trinajstić information content (AvgIpc) is 2.61. The van der Waals surface area contributed by atoms with Gasteiger partial charge in [0, 0.05) is 4.47 Å². The zero-order valence-corrected chi connectivity index (χ0v) is 12.5. The van der Waals surface area contributed by atoms with E-state index < -0.39 is 15.9 Å². The Bertz CT molecular complexity index is 513. The van der Waals surface area contributed by atoms with E-state index in [1.807, 2.05) is 24.3 Å². The summed E-state index contributed by atoms with van der Waals surface area (Å²) in [5.41, 5.74) is 1.06. The number of rotatable bonds is 4. The number of aliphatic hydroxyl groups is 1. The molecule has 0 bridgehead atoms. The van der Waals surface area contributed by atoms with Crippen LogP contribution in [0.3, 0.4) is 0 Å². The van der Waals surface area contributed by atoms with E-state index in [2.05, 4.69) is 15.9 Å². The maximum Gasteiger partial charge on any atom is 0.150 e. The number of benzene rings is 1. The maximum absolute atomic E-state index is 11.3. The number of hydrogen-bond donors (Lipinski definition) is 1. The standard InChI is InChI=1S/C13H17BrO3S/c14-13-4-2-1-3-11(13)8-12(15)7-10-5-6-18(16,17)9-10/h1-4,10,12,15H,5-9H2. The van der Waals surface area contributed by atoms with Gasteiger partial charge in [0.25, 0.3) is 0 Å². The van der Waals surface area contributed by atoms with Gasteiger partial charge in [0.15, 0.2) is 9.84 Å². The first-order valence-corrected chi connectivity index (χ1v) is 8.69. The lowest BCUT2D eigenvalue weighted by atomic mass is 9.97. The first kappa shape index (κ1) is 14.0. The third-order valence-electron chi connectivity index (χ3n) is 3.35. The number of aliphatic hydroxyl groups excluding tert-OH is 1. The van der Waals surface area contributed by atoms with Crippen molar-refractivity contribution in [1.82, 2.24) is 0 Å². The second kappa shape index (κ2) is 5.72. The fourth-order valence-corrected chi connectivity index (χ4v) is 4.77. The third-order valence-corrected chi connectivity index (χ3v) is 5.96. The average molecular weight is 333 g/mol. The van der Waals surface area contributed by atoms with E-state index in [0.29, 0.717) is 19.3 Å². The second-order valence-corrected chi connectivity index (χ2v) is 8.04. The number of halogens is 1. The molecule has 2 atom stereocenters. The topological polar surface area (TPSA) is 54.4 Å². The smallest absolute Gasteiger partial charge is 0.150 e. The lowest BCUT2D eigenvalue weighted by molar-refractivity contribution is 0.146. The van der Waals surface area contributed by atoms with Crippen LogP contribution in [0.25, 0.3) is 0 Å². The second-order valence-electron chi connectivity index (χ2n) is 4.95. The molecule has 0 aromatic heterocycles. The van der Waals surface area contributed by atoms with E-state index >= 15 is 0 Å². The molecule has 0 aliphatic carbocycles. The molecule has 5 heteroatoms. The van der Waals surface area contributed by atoms with Gasteiger partial charge in [-0.25, -0.2) is 8.42 Å². The molecule has 0 spiro atoms. The molecule has 3 nitrogen and oxygen atoms in total. The number of sulfone groups is 1. The van der Waals surface area contributed by atoms with Crippen molar-refractivity contribution >= 4 is 25.8 Å². The van der Waals surface area contributed by atoms with Crippen LogP contribution in [0.4, 0.5) is 0 Å². The number of hydrogen-bond acceptors (Lipinski definition) is 3. The predicted octanol–water partition coefficient (Wildman–Crippen LogP) is 2.18. The van der Waals surface area contributed by atoms with Gasteiger partial charge in [-0.05, 0) is 36.8 Å². The minimum Gasteiger partial charge on any atom is -0.393 e. The van der Waals surface area contributed by atoms with Crippen LogP contribution in [0.2, 0.25) is 0 Å². The Balaban J connectivity index is 1.90. The highest BCUT2D eigenvalue weighted by molar-refractivity contribution is 9.10. The van der Waals surface area contributed by atoms with Gasteiger partial charge in [-0.15, -0.1) is 0 Å². The van der Waals surface area contributed by atoms with Crippen molar-refractivity contribution in [2.24, 2.45) is 5.92 Å². The van der Waals surface area contributed by atoms with Gasteiger partial charge in [0.05, 0.1) is 17.6 Å². The van der Waals surface area contributed by atoms with Crippen LogP contribution < -0.4 is 0 Å². The first-order valence-electron chi connectivity index (χ1n) is 6.08. The Morgan fingerprint density at radius 1 is 1.39 bits per heavy atom. The van der Waals surface area contributed by atoms with E-state index in [4.69, 9.17) is 0 Å². The van der Waals surface area contributed by atoms with Crippen molar-refractivity contribution < 1.29 is 13.5 Å². The highest BCUT2D eigenvalue weighted by Gasteiger charge is 2.29. The molecule has 1 saturated heterocycles. The third kappa shape index (κ3) is 3.80. The SMILES string of the molecule is O=S1(=O)CCC(CC(O)Cc2ccccc2Br)C1. The summed E-state index contributed by atoms with van der Waals surface area (Å²) < 4.78 is 23.7. The van der Waals surface area contributed by atoms with Crippen molar-refractivity contribution in [1.29, 1.82) is 0 Å². The molecule has 1 N–H and O–H groups in total. The van der Waals surface area contributed by atoms with Crippen molar-refractivity contribution in [3.8, 4) is 0 Å². The van der Waals surface area contributed by atoms with Gasteiger partial charge in [0.2, 0.25) is 0 Å². The minimum absolute atomic E-state index is 0.118. The lowest BCUT2D eigenvalue weighted by Crippen LogP contribution is -2.17. The fraction of sp³-hybridized carbons (Fsp3) is 0.538. The molecule has 0 radical (unpaired) electrons. The summed E-state index contributed by atoms with van der Waals surface area (Å²) in [7, 11) is -2.84. The molecule has 2 rings (SSSR count). The highest BCUT2D eigenvalue weighted by Crippen LogP contribution is 2.25. The Hall–Kier alpha value is -0.390. The molecule has 1 aromatic rings. The molecule has 0 amide bonds. The Morgan fingerprint density at radius 2 is 2.11 bits per heavy atom. The van der Waals surface area contributed by atoms with Crippen molar-refractivity contribution in [2.75, 3.05) is 11.5 Å². The van der Waals surface area contributed by atoms with Crippen LogP contribution in [0.1, 0.15) is 18.4 Å². The maximum atomic E-state index is 11.3. The van der Waals surface area contributed by atoms with E-state index in [-0.39, 0.29) is 17.4 Å². The van der Waals surface area contributed by atoms with Gasteiger partial charge >= 0.3 is 0 Å². The monoisotopic (exact) mass is 332 g/mol. The van der Waals surface area contributed by atoms with Crippen molar-refractivity contribution in [3.05, 3.63) is 34.3 Å². The Kier molecular flexibility index (Phi) is 4.45. The van der Waals surface area contributed by atoms with Gasteiger partial charge in [-0.3, -0.25) is 0 Å². The normalized spacial score (nSPS) is 24.0. The van der Waals surface area contributed by atoms with Crippen molar-refractivity contribution in [2.45, 2.75) is 25.4 Å². The zero-order chi connectivity index (χ0) is 13.2. The summed E-state index contributed by atoms with van der Waals surface area (Å²) in [5.74, 6) is 0.631. The fourth-order valence-electron chi connectivity index (χ4n) is 2.44. The van der Waals surface area contributed by atoms with Crippen LogP contribution in [0.5, 0.6) is 0 Å². The van der Waals surface area contributed by atoms with Crippen molar-refractivity contribution in [3.63, 3.8) is 0 Å². The summed E-state index contributed by atoms with van der Waals surface area (Å²) >= 11 is 3.45.